The van der Waals surface area contributed by atoms with E-state index in [0.29, 0.717) is 30.3 Å². The van der Waals surface area contributed by atoms with Crippen molar-refractivity contribution >= 4 is 17.5 Å². The predicted molar refractivity (Wildman–Crippen MR) is 94.7 cm³/mol. The molecule has 128 valence electrons. The third kappa shape index (κ3) is 3.65. The van der Waals surface area contributed by atoms with Gasteiger partial charge in [0.2, 0.25) is 5.91 Å². The van der Waals surface area contributed by atoms with E-state index in [1.165, 1.54) is 0 Å². The number of hydrogen-bond donors (Lipinski definition) is 2. The van der Waals surface area contributed by atoms with Gasteiger partial charge in [-0.05, 0) is 49.1 Å². The number of amides is 2. The highest BCUT2D eigenvalue weighted by Gasteiger charge is 2.26. The second-order valence-electron chi connectivity index (χ2n) is 6.64. The number of carbonyl (C=O) groups is 2. The lowest BCUT2D eigenvalue weighted by Gasteiger charge is -2.24. The number of hydrogen-bond acceptors (Lipinski definition) is 3. The number of ether oxygens (including phenoxy) is 1. The fourth-order valence-electron chi connectivity index (χ4n) is 2.98. The molecule has 2 aromatic carbocycles. The molecule has 2 N–H and O–H groups in total. The highest BCUT2D eigenvalue weighted by molar-refractivity contribution is 5.98. The van der Waals surface area contributed by atoms with Crippen molar-refractivity contribution in [1.29, 1.82) is 0 Å². The molecule has 0 aromatic heterocycles. The minimum Gasteiger partial charge on any atom is -0.492 e. The van der Waals surface area contributed by atoms with E-state index in [-0.39, 0.29) is 17.7 Å². The van der Waals surface area contributed by atoms with Crippen LogP contribution in [0.5, 0.6) is 5.75 Å². The van der Waals surface area contributed by atoms with E-state index in [1.807, 2.05) is 24.3 Å². The number of benzene rings is 2. The van der Waals surface area contributed by atoms with E-state index in [0.717, 1.165) is 24.2 Å². The van der Waals surface area contributed by atoms with Crippen LogP contribution in [0.25, 0.3) is 0 Å². The van der Waals surface area contributed by atoms with Gasteiger partial charge < -0.3 is 15.4 Å². The van der Waals surface area contributed by atoms with Crippen molar-refractivity contribution in [2.45, 2.75) is 25.3 Å². The number of rotatable bonds is 4. The smallest absolute Gasteiger partial charge is 0.251 e. The van der Waals surface area contributed by atoms with E-state index in [1.54, 1.807) is 24.3 Å². The fraction of sp³-hybridized carbons (Fsp3) is 0.300. The van der Waals surface area contributed by atoms with Gasteiger partial charge in [0.15, 0.2) is 0 Å². The Bertz CT molecular complexity index is 814. The number of carbonyl (C=O) groups excluding carboxylic acids is 2. The van der Waals surface area contributed by atoms with E-state index < -0.39 is 0 Å². The molecule has 0 spiro atoms. The van der Waals surface area contributed by atoms with Gasteiger partial charge in [0.25, 0.3) is 5.91 Å². The summed E-state index contributed by atoms with van der Waals surface area (Å²) < 4.78 is 5.68. The minimum absolute atomic E-state index is 0.0887. The van der Waals surface area contributed by atoms with Crippen LogP contribution in [0.1, 0.15) is 28.8 Å². The SMILES string of the molecule is O=C(NC1CC1)c1cccc(NC(=O)[C@@H]2COc3ccccc3C2)c1. The number of anilines is 1. The Morgan fingerprint density at radius 3 is 2.72 bits per heavy atom. The Labute approximate surface area is 146 Å². The van der Waals surface area contributed by atoms with E-state index in [9.17, 15) is 9.59 Å². The van der Waals surface area contributed by atoms with Gasteiger partial charge >= 0.3 is 0 Å². The molecule has 1 heterocycles. The molecule has 5 nitrogen and oxygen atoms in total. The van der Waals surface area contributed by atoms with Crippen LogP contribution in [0.2, 0.25) is 0 Å². The third-order valence-electron chi connectivity index (χ3n) is 4.55. The van der Waals surface area contributed by atoms with Crippen LogP contribution in [0, 0.1) is 5.92 Å². The van der Waals surface area contributed by atoms with Crippen LogP contribution in [0.3, 0.4) is 0 Å². The molecule has 4 rings (SSSR count). The molecule has 2 aromatic rings. The first-order valence-electron chi connectivity index (χ1n) is 8.61. The average Bonchev–Trinajstić information content (AvgIpc) is 3.45. The van der Waals surface area contributed by atoms with Gasteiger partial charge in [-0.15, -0.1) is 0 Å². The molecule has 0 radical (unpaired) electrons. The molecule has 0 saturated heterocycles. The Balaban J connectivity index is 1.42. The first kappa shape index (κ1) is 15.7. The lowest BCUT2D eigenvalue weighted by molar-refractivity contribution is -0.121. The normalized spacial score (nSPS) is 18.6. The van der Waals surface area contributed by atoms with Crippen LogP contribution in [-0.4, -0.2) is 24.5 Å². The molecule has 1 atom stereocenters. The zero-order valence-electron chi connectivity index (χ0n) is 13.8. The Kier molecular flexibility index (Phi) is 4.14. The van der Waals surface area contributed by atoms with Crippen molar-refractivity contribution in [1.82, 2.24) is 5.32 Å². The van der Waals surface area contributed by atoms with Gasteiger partial charge in [0.05, 0.1) is 5.92 Å². The molecule has 25 heavy (non-hydrogen) atoms. The predicted octanol–water partition coefficient (Wildman–Crippen LogP) is 2.77. The molecular weight excluding hydrogens is 316 g/mol. The average molecular weight is 336 g/mol. The summed E-state index contributed by atoms with van der Waals surface area (Å²) in [5.74, 6) is 0.437. The maximum absolute atomic E-state index is 12.6. The van der Waals surface area contributed by atoms with Crippen molar-refractivity contribution in [3.8, 4) is 5.75 Å². The maximum Gasteiger partial charge on any atom is 0.251 e. The van der Waals surface area contributed by atoms with Crippen molar-refractivity contribution in [2.24, 2.45) is 5.92 Å². The van der Waals surface area contributed by atoms with Crippen LogP contribution < -0.4 is 15.4 Å². The summed E-state index contributed by atoms with van der Waals surface area (Å²) in [6.07, 6.45) is 2.75. The van der Waals surface area contributed by atoms with E-state index >= 15 is 0 Å². The maximum atomic E-state index is 12.6. The van der Waals surface area contributed by atoms with Gasteiger partial charge in [0.1, 0.15) is 12.4 Å². The quantitative estimate of drug-likeness (QED) is 0.902. The lowest BCUT2D eigenvalue weighted by atomic mass is 9.96. The van der Waals surface area contributed by atoms with Gasteiger partial charge in [-0.3, -0.25) is 9.59 Å². The van der Waals surface area contributed by atoms with Gasteiger partial charge in [0, 0.05) is 17.3 Å². The fourth-order valence-corrected chi connectivity index (χ4v) is 2.98. The largest absolute Gasteiger partial charge is 0.492 e. The second-order valence-corrected chi connectivity index (χ2v) is 6.64. The highest BCUT2D eigenvalue weighted by Crippen LogP contribution is 2.27. The Morgan fingerprint density at radius 1 is 1.04 bits per heavy atom. The molecule has 2 amide bonds. The molecule has 1 aliphatic heterocycles. The van der Waals surface area contributed by atoms with Gasteiger partial charge in [-0.2, -0.15) is 0 Å². The first-order valence-corrected chi connectivity index (χ1v) is 8.61. The van der Waals surface area contributed by atoms with Gasteiger partial charge in [-0.1, -0.05) is 24.3 Å². The monoisotopic (exact) mass is 336 g/mol. The summed E-state index contributed by atoms with van der Waals surface area (Å²) in [4.78, 5) is 24.7. The number of para-hydroxylation sites is 1. The molecule has 0 unspecified atom stereocenters. The molecule has 5 heteroatoms. The molecule has 1 saturated carbocycles. The topological polar surface area (TPSA) is 67.4 Å². The van der Waals surface area contributed by atoms with Gasteiger partial charge in [-0.25, -0.2) is 0 Å². The number of fused-ring (bicyclic) bond motifs is 1. The molecule has 2 aliphatic rings. The van der Waals surface area contributed by atoms with E-state index in [4.69, 9.17) is 4.74 Å². The summed E-state index contributed by atoms with van der Waals surface area (Å²) >= 11 is 0. The standard InChI is InChI=1S/C20H20N2O3/c23-19(21-16-8-9-16)14-5-3-6-17(11-14)22-20(24)15-10-13-4-1-2-7-18(13)25-12-15/h1-7,11,15-16H,8-10,12H2,(H,21,23)(H,22,24)/t15-/m0/s1. The summed E-state index contributed by atoms with van der Waals surface area (Å²) in [6.45, 7) is 0.366. The summed E-state index contributed by atoms with van der Waals surface area (Å²) in [5, 5.41) is 5.86. The first-order chi connectivity index (χ1) is 12.2. The summed E-state index contributed by atoms with van der Waals surface area (Å²) in [5.41, 5.74) is 2.24. The van der Waals surface area contributed by atoms with E-state index in [2.05, 4.69) is 10.6 Å². The highest BCUT2D eigenvalue weighted by atomic mass is 16.5. The minimum atomic E-state index is -0.237. The second kappa shape index (κ2) is 6.59. The molecule has 1 aliphatic carbocycles. The zero-order chi connectivity index (χ0) is 17.2. The van der Waals surface area contributed by atoms with Crippen molar-refractivity contribution in [3.63, 3.8) is 0 Å². The summed E-state index contributed by atoms with van der Waals surface area (Å²) in [6, 6.07) is 15.1. The summed E-state index contributed by atoms with van der Waals surface area (Å²) in [7, 11) is 0. The van der Waals surface area contributed by atoms with Crippen LogP contribution in [0.4, 0.5) is 5.69 Å². The third-order valence-corrected chi connectivity index (χ3v) is 4.55. The molecule has 0 bridgehead atoms. The molecule has 1 fully saturated rings. The van der Waals surface area contributed by atoms with Crippen molar-refractivity contribution in [2.75, 3.05) is 11.9 Å². The van der Waals surface area contributed by atoms with Crippen LogP contribution in [-0.2, 0) is 11.2 Å². The van der Waals surface area contributed by atoms with Crippen molar-refractivity contribution < 1.29 is 14.3 Å². The molecular formula is C20H20N2O3. The Hall–Kier alpha value is -2.82. The van der Waals surface area contributed by atoms with Crippen LogP contribution in [0.15, 0.2) is 48.5 Å². The lowest BCUT2D eigenvalue weighted by Crippen LogP contribution is -2.32. The number of nitrogens with one attached hydrogen (secondary N) is 2. The van der Waals surface area contributed by atoms with Crippen LogP contribution >= 0.6 is 0 Å². The Morgan fingerprint density at radius 2 is 1.88 bits per heavy atom. The van der Waals surface area contributed by atoms with Crippen molar-refractivity contribution in [3.05, 3.63) is 59.7 Å². The zero-order valence-corrected chi connectivity index (χ0v) is 13.8.